The van der Waals surface area contributed by atoms with Gasteiger partial charge in [-0.15, -0.1) is 0 Å². The molecular weight excluding hydrogens is 592 g/mol. The summed E-state index contributed by atoms with van der Waals surface area (Å²) in [5, 5.41) is 32.9. The van der Waals surface area contributed by atoms with Crippen LogP contribution in [0.15, 0.2) is 22.8 Å². The third kappa shape index (κ3) is 7.69. The number of amides is 1. The summed E-state index contributed by atoms with van der Waals surface area (Å²) in [5.74, 6) is 0.139. The van der Waals surface area contributed by atoms with E-state index in [0.29, 0.717) is 44.8 Å². The Hall–Kier alpha value is -1.78. The van der Waals surface area contributed by atoms with Crippen molar-refractivity contribution in [3.05, 3.63) is 22.8 Å². The standard InChI is InChI=1S/C38H66N4O5/c1-24(2)10-8-11-27(35(46)42-21-20-41-18-9-17-40-19-16-39)33-29-22-31(45)34-36(5)14-13-30(44)25(3)28(36)12-15-37(34,6)38(29,7)23-32(33)47-26(4)43/h10,25,28-32,34,40-41,44-45H,8-9,11-23,39H2,1-7H3,(H,42,46)/b33-27-/t25-,28?,29?,30+,31+,32-,34?,36-,37-,38-/m0/s1. The molecule has 4 fully saturated rings. The largest absolute Gasteiger partial charge is 0.458 e. The second kappa shape index (κ2) is 15.8. The molecule has 268 valence electrons. The molecule has 4 aliphatic rings. The lowest BCUT2D eigenvalue weighted by molar-refractivity contribution is -0.234. The van der Waals surface area contributed by atoms with Crippen LogP contribution in [-0.4, -0.2) is 79.7 Å². The van der Waals surface area contributed by atoms with Crippen LogP contribution < -0.4 is 21.7 Å². The molecule has 0 heterocycles. The maximum absolute atomic E-state index is 14.1. The van der Waals surface area contributed by atoms with Gasteiger partial charge >= 0.3 is 5.97 Å². The molecule has 3 unspecified atom stereocenters. The molecule has 1 amide bonds. The van der Waals surface area contributed by atoms with Crippen LogP contribution in [0.3, 0.4) is 0 Å². The van der Waals surface area contributed by atoms with Crippen molar-refractivity contribution in [2.75, 3.05) is 39.3 Å². The van der Waals surface area contributed by atoms with E-state index < -0.39 is 12.2 Å². The van der Waals surface area contributed by atoms with Gasteiger partial charge in [0.2, 0.25) is 5.91 Å². The first-order chi connectivity index (χ1) is 22.2. The lowest BCUT2D eigenvalue weighted by Crippen LogP contribution is -2.65. The first-order valence-corrected chi connectivity index (χ1v) is 18.5. The lowest BCUT2D eigenvalue weighted by atomic mass is 9.36. The van der Waals surface area contributed by atoms with E-state index in [4.69, 9.17) is 10.5 Å². The smallest absolute Gasteiger partial charge is 0.303 e. The first-order valence-electron chi connectivity index (χ1n) is 18.5. The number of carbonyl (C=O) groups is 2. The predicted octanol–water partition coefficient (Wildman–Crippen LogP) is 4.23. The quantitative estimate of drug-likeness (QED) is 0.0704. The Bertz CT molecular complexity index is 1170. The molecule has 0 radical (unpaired) electrons. The number of nitrogens with two attached hydrogens (primary N) is 1. The highest BCUT2D eigenvalue weighted by molar-refractivity contribution is 5.94. The number of ether oxygens (including phenoxy) is 1. The molecule has 0 saturated heterocycles. The Labute approximate surface area is 284 Å². The minimum atomic E-state index is -0.537. The van der Waals surface area contributed by atoms with Gasteiger partial charge in [0.1, 0.15) is 6.10 Å². The summed E-state index contributed by atoms with van der Waals surface area (Å²) in [6, 6.07) is 0. The second-order valence-electron chi connectivity index (χ2n) is 16.2. The molecule has 0 aliphatic heterocycles. The molecule has 0 spiro atoms. The van der Waals surface area contributed by atoms with Crippen molar-refractivity contribution in [3.63, 3.8) is 0 Å². The average molecular weight is 659 g/mol. The number of rotatable bonds is 14. The fourth-order valence-corrected chi connectivity index (χ4v) is 10.9. The van der Waals surface area contributed by atoms with Gasteiger partial charge < -0.3 is 36.6 Å². The van der Waals surface area contributed by atoms with Gasteiger partial charge in [-0.25, -0.2) is 0 Å². The highest BCUT2D eigenvalue weighted by Crippen LogP contribution is 2.74. The number of nitrogens with one attached hydrogen (secondary N) is 3. The van der Waals surface area contributed by atoms with Crippen LogP contribution in [0.5, 0.6) is 0 Å². The van der Waals surface area contributed by atoms with Crippen molar-refractivity contribution in [2.24, 2.45) is 45.7 Å². The molecule has 47 heavy (non-hydrogen) atoms. The van der Waals surface area contributed by atoms with E-state index in [-0.39, 0.29) is 52.0 Å². The number of esters is 1. The SMILES string of the molecule is CC(=O)O[C@H]1C[C@@]2(C)C(C[C@@H](O)C3[C@@]4(C)CC[C@@H](O)[C@@H](C)C4CC[C@@]32C)/C1=C(\CCC=C(C)C)C(=O)NCCNCCCNCCN. The van der Waals surface area contributed by atoms with Crippen LogP contribution in [0.25, 0.3) is 0 Å². The van der Waals surface area contributed by atoms with Crippen molar-refractivity contribution < 1.29 is 24.5 Å². The van der Waals surface area contributed by atoms with Gasteiger partial charge in [-0.3, -0.25) is 9.59 Å². The summed E-state index contributed by atoms with van der Waals surface area (Å²) in [7, 11) is 0. The third-order valence-electron chi connectivity index (χ3n) is 13.2. The van der Waals surface area contributed by atoms with Crippen LogP contribution in [-0.2, 0) is 14.3 Å². The highest BCUT2D eigenvalue weighted by atomic mass is 16.5. The first kappa shape index (κ1) is 38.0. The molecule has 10 atom stereocenters. The summed E-state index contributed by atoms with van der Waals surface area (Å²) >= 11 is 0. The zero-order valence-electron chi connectivity index (χ0n) is 30.4. The van der Waals surface area contributed by atoms with Crippen LogP contribution in [0.4, 0.5) is 0 Å². The van der Waals surface area contributed by atoms with E-state index in [1.165, 1.54) is 12.5 Å². The number of allylic oxidation sites excluding steroid dienone is 2. The Morgan fingerprint density at radius 3 is 2.32 bits per heavy atom. The number of aliphatic hydroxyl groups excluding tert-OH is 2. The number of fused-ring (bicyclic) bond motifs is 5. The Kier molecular flexibility index (Phi) is 12.8. The molecule has 4 rings (SSSR count). The van der Waals surface area contributed by atoms with Gasteiger partial charge in [-0.05, 0) is 130 Å². The zero-order chi connectivity index (χ0) is 34.6. The van der Waals surface area contributed by atoms with Crippen molar-refractivity contribution in [3.8, 4) is 0 Å². The number of aliphatic hydroxyl groups is 2. The van der Waals surface area contributed by atoms with Crippen LogP contribution >= 0.6 is 0 Å². The maximum Gasteiger partial charge on any atom is 0.303 e. The van der Waals surface area contributed by atoms with Crippen molar-refractivity contribution >= 4 is 11.9 Å². The van der Waals surface area contributed by atoms with E-state index in [2.05, 4.69) is 63.6 Å². The van der Waals surface area contributed by atoms with Gasteiger partial charge in [0.25, 0.3) is 0 Å². The van der Waals surface area contributed by atoms with Gasteiger partial charge in [0, 0.05) is 38.7 Å². The second-order valence-corrected chi connectivity index (χ2v) is 16.2. The molecule has 0 aromatic heterocycles. The number of hydrogen-bond acceptors (Lipinski definition) is 8. The van der Waals surface area contributed by atoms with E-state index in [9.17, 15) is 19.8 Å². The number of carbonyl (C=O) groups excluding carboxylic acids is 2. The number of hydrogen-bond donors (Lipinski definition) is 6. The monoisotopic (exact) mass is 659 g/mol. The molecule has 0 aromatic carbocycles. The molecule has 4 saturated carbocycles. The molecule has 0 aromatic rings. The minimum absolute atomic E-state index is 0.0681. The highest BCUT2D eigenvalue weighted by Gasteiger charge is 2.70. The van der Waals surface area contributed by atoms with Crippen molar-refractivity contribution in [1.82, 2.24) is 16.0 Å². The average Bonchev–Trinajstić information content (AvgIpc) is 3.27. The summed E-state index contributed by atoms with van der Waals surface area (Å²) in [5.41, 5.74) is 7.83. The van der Waals surface area contributed by atoms with Gasteiger partial charge in [-0.2, -0.15) is 0 Å². The van der Waals surface area contributed by atoms with Crippen molar-refractivity contribution in [2.45, 2.75) is 125 Å². The third-order valence-corrected chi connectivity index (χ3v) is 13.2. The van der Waals surface area contributed by atoms with Crippen LogP contribution in [0, 0.1) is 39.9 Å². The summed E-state index contributed by atoms with van der Waals surface area (Å²) in [6.07, 6.45) is 7.97. The van der Waals surface area contributed by atoms with Gasteiger partial charge in [0.15, 0.2) is 0 Å². The topological polar surface area (TPSA) is 146 Å². The minimum Gasteiger partial charge on any atom is -0.458 e. The van der Waals surface area contributed by atoms with Gasteiger partial charge in [0.05, 0.1) is 12.2 Å². The molecule has 4 aliphatic carbocycles. The Morgan fingerprint density at radius 1 is 0.957 bits per heavy atom. The van der Waals surface area contributed by atoms with E-state index in [0.717, 1.165) is 69.3 Å². The van der Waals surface area contributed by atoms with Crippen LogP contribution in [0.1, 0.15) is 106 Å². The Morgan fingerprint density at radius 2 is 1.66 bits per heavy atom. The van der Waals surface area contributed by atoms with E-state index in [1.54, 1.807) is 0 Å². The molecule has 7 N–H and O–H groups in total. The summed E-state index contributed by atoms with van der Waals surface area (Å²) < 4.78 is 6.13. The normalized spacial score (nSPS) is 38.9. The summed E-state index contributed by atoms with van der Waals surface area (Å²) in [4.78, 5) is 26.7. The van der Waals surface area contributed by atoms with Crippen LogP contribution in [0.2, 0.25) is 0 Å². The lowest BCUT2D eigenvalue weighted by Gasteiger charge is -2.69. The van der Waals surface area contributed by atoms with E-state index >= 15 is 0 Å². The summed E-state index contributed by atoms with van der Waals surface area (Å²) in [6.45, 7) is 19.2. The van der Waals surface area contributed by atoms with E-state index in [1.807, 2.05) is 0 Å². The van der Waals surface area contributed by atoms with Gasteiger partial charge in [-0.1, -0.05) is 39.3 Å². The molecular formula is C38H66N4O5. The fourth-order valence-electron chi connectivity index (χ4n) is 10.9. The molecule has 9 heteroatoms. The maximum atomic E-state index is 14.1. The fraction of sp³-hybridized carbons (Fsp3) is 0.842. The zero-order valence-corrected chi connectivity index (χ0v) is 30.4. The predicted molar refractivity (Wildman–Crippen MR) is 187 cm³/mol. The molecule has 9 nitrogen and oxygen atoms in total. The Balaban J connectivity index is 1.65. The van der Waals surface area contributed by atoms with Crippen molar-refractivity contribution in [1.29, 1.82) is 0 Å². The molecule has 0 bridgehead atoms.